The van der Waals surface area contributed by atoms with Crippen molar-refractivity contribution >= 4 is 26.8 Å². The highest BCUT2D eigenvalue weighted by atomic mass is 79.9. The van der Waals surface area contributed by atoms with E-state index in [0.29, 0.717) is 0 Å². The molecule has 62 valence electrons. The number of halogens is 1. The lowest BCUT2D eigenvalue weighted by atomic mass is 10.2. The van der Waals surface area contributed by atoms with Crippen molar-refractivity contribution in [1.82, 2.24) is 4.98 Å². The molecule has 0 atom stereocenters. The topological polar surface area (TPSA) is 12.9 Å². The molecule has 1 aromatic carbocycles. The van der Waals surface area contributed by atoms with E-state index in [-0.39, 0.29) is 0 Å². The van der Waals surface area contributed by atoms with Crippen LogP contribution in [0.3, 0.4) is 0 Å². The number of fused-ring (bicyclic) bond motifs is 1. The van der Waals surface area contributed by atoms with Crippen molar-refractivity contribution in [3.05, 3.63) is 42.1 Å². The lowest BCUT2D eigenvalue weighted by Gasteiger charge is -1.95. The number of para-hydroxylation sites is 1. The van der Waals surface area contributed by atoms with Gasteiger partial charge in [0.25, 0.3) is 0 Å². The van der Waals surface area contributed by atoms with E-state index in [1.165, 1.54) is 0 Å². The summed E-state index contributed by atoms with van der Waals surface area (Å²) in [5.74, 6) is 2.90. The second-order valence-corrected chi connectivity index (χ2v) is 3.03. The minimum Gasteiger partial charge on any atom is -0.255 e. The highest BCUT2D eigenvalue weighted by Gasteiger charge is 1.93. The number of pyridine rings is 1. The lowest BCUT2D eigenvalue weighted by Crippen LogP contribution is -1.80. The van der Waals surface area contributed by atoms with Gasteiger partial charge in [0.15, 0.2) is 0 Å². The van der Waals surface area contributed by atoms with E-state index in [0.717, 1.165) is 16.5 Å². The largest absolute Gasteiger partial charge is 0.255 e. The van der Waals surface area contributed by atoms with Gasteiger partial charge in [0.05, 0.1) is 5.52 Å². The fraction of sp³-hybridized carbons (Fsp3) is 0. The first-order valence-electron chi connectivity index (χ1n) is 3.86. The Labute approximate surface area is 84.9 Å². The van der Waals surface area contributed by atoms with E-state index in [2.05, 4.69) is 31.7 Å². The lowest BCUT2D eigenvalue weighted by molar-refractivity contribution is 1.39. The third-order valence-electron chi connectivity index (χ3n) is 1.78. The van der Waals surface area contributed by atoms with Crippen molar-refractivity contribution in [2.24, 2.45) is 0 Å². The van der Waals surface area contributed by atoms with Crippen LogP contribution in [-0.4, -0.2) is 4.98 Å². The maximum atomic E-state index is 4.28. The standard InChI is InChI=1S/C11H6BrN/c12-6-5-9-7-10-3-1-2-4-11(10)13-8-9/h1-4,7-8H. The molecule has 0 aliphatic rings. The Hall–Kier alpha value is -1.33. The predicted molar refractivity (Wildman–Crippen MR) is 57.5 cm³/mol. The molecule has 0 amide bonds. The molecule has 0 radical (unpaired) electrons. The summed E-state index contributed by atoms with van der Waals surface area (Å²) >= 11 is 3.06. The monoisotopic (exact) mass is 231 g/mol. The molecule has 2 heteroatoms. The van der Waals surface area contributed by atoms with Gasteiger partial charge in [0, 0.05) is 33.1 Å². The smallest absolute Gasteiger partial charge is 0.0702 e. The fourth-order valence-corrected chi connectivity index (χ4v) is 1.42. The molecule has 0 N–H and O–H groups in total. The van der Waals surface area contributed by atoms with Gasteiger partial charge in [-0.15, -0.1) is 0 Å². The number of hydrogen-bond acceptors (Lipinski definition) is 1. The zero-order valence-electron chi connectivity index (χ0n) is 6.79. The Bertz CT molecular complexity index is 494. The zero-order chi connectivity index (χ0) is 9.10. The van der Waals surface area contributed by atoms with Crippen molar-refractivity contribution in [3.8, 4) is 10.8 Å². The van der Waals surface area contributed by atoms with Crippen LogP contribution in [0.1, 0.15) is 5.56 Å². The Morgan fingerprint density at radius 1 is 1.23 bits per heavy atom. The summed E-state index contributed by atoms with van der Waals surface area (Å²) in [7, 11) is 0. The first-order valence-corrected chi connectivity index (χ1v) is 4.66. The molecule has 0 aliphatic heterocycles. The van der Waals surface area contributed by atoms with Crippen molar-refractivity contribution in [1.29, 1.82) is 0 Å². The zero-order valence-corrected chi connectivity index (χ0v) is 8.38. The first kappa shape index (κ1) is 8.28. The van der Waals surface area contributed by atoms with Crippen LogP contribution in [0.4, 0.5) is 0 Å². The average molecular weight is 232 g/mol. The molecule has 1 heterocycles. The number of benzene rings is 1. The van der Waals surface area contributed by atoms with Crippen LogP contribution in [0.25, 0.3) is 10.9 Å². The molecule has 1 aromatic heterocycles. The van der Waals surface area contributed by atoms with Crippen molar-refractivity contribution < 1.29 is 0 Å². The van der Waals surface area contributed by atoms with Crippen LogP contribution in [0, 0.1) is 10.8 Å². The fourth-order valence-electron chi connectivity index (χ4n) is 1.19. The summed E-state index contributed by atoms with van der Waals surface area (Å²) in [6.45, 7) is 0. The van der Waals surface area contributed by atoms with Crippen LogP contribution in [0.2, 0.25) is 0 Å². The molecule has 0 saturated heterocycles. The van der Waals surface area contributed by atoms with Gasteiger partial charge < -0.3 is 0 Å². The molecule has 2 rings (SSSR count). The minimum atomic E-state index is 0.926. The normalized spacial score (nSPS) is 9.31. The van der Waals surface area contributed by atoms with Crippen LogP contribution >= 0.6 is 15.9 Å². The van der Waals surface area contributed by atoms with Gasteiger partial charge in [-0.25, -0.2) is 0 Å². The van der Waals surface area contributed by atoms with E-state index in [1.54, 1.807) is 6.20 Å². The summed E-state index contributed by atoms with van der Waals surface area (Å²) in [6, 6.07) is 10.0. The Morgan fingerprint density at radius 2 is 2.08 bits per heavy atom. The second kappa shape index (κ2) is 3.59. The Morgan fingerprint density at radius 3 is 2.92 bits per heavy atom. The van der Waals surface area contributed by atoms with Crippen LogP contribution in [0.5, 0.6) is 0 Å². The van der Waals surface area contributed by atoms with Gasteiger partial charge in [-0.3, -0.25) is 4.98 Å². The summed E-state index contributed by atoms with van der Waals surface area (Å²) in [4.78, 5) is 6.95. The van der Waals surface area contributed by atoms with E-state index in [9.17, 15) is 0 Å². The average Bonchev–Trinajstić information content (AvgIpc) is 2.18. The van der Waals surface area contributed by atoms with E-state index < -0.39 is 0 Å². The molecular weight excluding hydrogens is 226 g/mol. The molecule has 0 aliphatic carbocycles. The van der Waals surface area contributed by atoms with E-state index in [1.807, 2.05) is 30.3 Å². The molecule has 0 saturated carbocycles. The summed E-state index contributed by atoms with van der Waals surface area (Å²) in [6.07, 6.45) is 1.77. The van der Waals surface area contributed by atoms with Crippen LogP contribution in [-0.2, 0) is 0 Å². The molecule has 2 aromatic rings. The van der Waals surface area contributed by atoms with E-state index >= 15 is 0 Å². The summed E-state index contributed by atoms with van der Waals surface area (Å²) < 4.78 is 0. The van der Waals surface area contributed by atoms with Crippen LogP contribution in [0.15, 0.2) is 36.5 Å². The molecule has 13 heavy (non-hydrogen) atoms. The molecule has 0 bridgehead atoms. The quantitative estimate of drug-likeness (QED) is 0.636. The summed E-state index contributed by atoms with van der Waals surface area (Å²) in [5.41, 5.74) is 1.93. The van der Waals surface area contributed by atoms with Crippen molar-refractivity contribution in [2.45, 2.75) is 0 Å². The van der Waals surface area contributed by atoms with Crippen LogP contribution < -0.4 is 0 Å². The number of hydrogen-bond donors (Lipinski definition) is 0. The number of rotatable bonds is 0. The van der Waals surface area contributed by atoms with Gasteiger partial charge in [-0.1, -0.05) is 24.1 Å². The Kier molecular flexibility index (Phi) is 2.29. The van der Waals surface area contributed by atoms with E-state index in [4.69, 9.17) is 0 Å². The third kappa shape index (κ3) is 1.71. The maximum Gasteiger partial charge on any atom is 0.0702 e. The number of aromatic nitrogens is 1. The molecule has 0 fully saturated rings. The predicted octanol–water partition coefficient (Wildman–Crippen LogP) is 2.94. The molecule has 0 unspecified atom stereocenters. The molecular formula is C11H6BrN. The highest BCUT2D eigenvalue weighted by Crippen LogP contribution is 2.11. The highest BCUT2D eigenvalue weighted by molar-refractivity contribution is 9.12. The Balaban J connectivity index is 2.66. The van der Waals surface area contributed by atoms with Gasteiger partial charge in [0.1, 0.15) is 0 Å². The molecule has 0 spiro atoms. The third-order valence-corrected chi connectivity index (χ3v) is 1.98. The summed E-state index contributed by atoms with van der Waals surface area (Å²) in [5, 5.41) is 1.12. The van der Waals surface area contributed by atoms with Gasteiger partial charge >= 0.3 is 0 Å². The second-order valence-electron chi connectivity index (χ2n) is 2.64. The van der Waals surface area contributed by atoms with Crippen molar-refractivity contribution in [3.63, 3.8) is 0 Å². The number of nitrogens with zero attached hydrogens (tertiary/aromatic N) is 1. The van der Waals surface area contributed by atoms with Crippen molar-refractivity contribution in [2.75, 3.05) is 0 Å². The van der Waals surface area contributed by atoms with Gasteiger partial charge in [0.2, 0.25) is 0 Å². The SMILES string of the molecule is BrC#Cc1cnc2ccccc2c1. The van der Waals surface area contributed by atoms with Gasteiger partial charge in [-0.05, 0) is 17.0 Å². The molecule has 1 nitrogen and oxygen atoms in total. The van der Waals surface area contributed by atoms with Gasteiger partial charge in [-0.2, -0.15) is 0 Å². The maximum absolute atomic E-state index is 4.28. The first-order chi connectivity index (χ1) is 6.40. The minimum absolute atomic E-state index is 0.926.